The molecule has 3 unspecified atom stereocenters. The number of amidine groups is 1. The molecule has 5 nitrogen and oxygen atoms in total. The van der Waals surface area contributed by atoms with Gasteiger partial charge in [-0.1, -0.05) is 104 Å². The topological polar surface area (TPSA) is 78.8 Å². The molecule has 0 aromatic heterocycles. The van der Waals surface area contributed by atoms with Crippen LogP contribution in [0.1, 0.15) is 136 Å². The van der Waals surface area contributed by atoms with Crippen molar-refractivity contribution in [2.24, 2.45) is 15.8 Å². The van der Waals surface area contributed by atoms with E-state index in [4.69, 9.17) is 4.99 Å². The fourth-order valence-electron chi connectivity index (χ4n) is 6.39. The lowest BCUT2D eigenvalue weighted by Crippen LogP contribution is -2.49. The third-order valence-corrected chi connectivity index (χ3v) is 8.44. The number of aliphatic imine (C=N–C) groups is 1. The monoisotopic (exact) mass is 472 g/mol. The number of nitrogens with one attached hydrogen (secondary N) is 1. The van der Waals surface area contributed by atoms with Crippen molar-refractivity contribution < 1.29 is 14.7 Å². The minimum Gasteiger partial charge on any atom is -0.511 e. The van der Waals surface area contributed by atoms with Crippen molar-refractivity contribution in [3.63, 3.8) is 0 Å². The van der Waals surface area contributed by atoms with Crippen molar-refractivity contribution >= 4 is 17.5 Å². The summed E-state index contributed by atoms with van der Waals surface area (Å²) in [7, 11) is 0. The van der Waals surface area contributed by atoms with Gasteiger partial charge in [0.1, 0.15) is 11.6 Å². The van der Waals surface area contributed by atoms with Gasteiger partial charge in [-0.15, -0.1) is 0 Å². The molecular weight excluding hydrogens is 424 g/mol. The lowest BCUT2D eigenvalue weighted by Gasteiger charge is -2.44. The Morgan fingerprint density at radius 2 is 1.47 bits per heavy atom. The highest BCUT2D eigenvalue weighted by Crippen LogP contribution is 2.52. The Morgan fingerprint density at radius 1 is 0.882 bits per heavy atom. The maximum absolute atomic E-state index is 13.8. The number of carbonyl (C=O) groups excluding carboxylic acids is 2. The molecule has 192 valence electrons. The molecule has 2 N–H and O–H groups in total. The van der Waals surface area contributed by atoms with E-state index in [1.807, 2.05) is 0 Å². The number of hydrogen-bond donors (Lipinski definition) is 2. The molecule has 0 aromatic carbocycles. The Hall–Kier alpha value is -1.65. The first-order valence-corrected chi connectivity index (χ1v) is 14.2. The number of aliphatic hydroxyl groups is 1. The first-order chi connectivity index (χ1) is 16.3. The Balaban J connectivity index is 1.79. The highest BCUT2D eigenvalue weighted by Gasteiger charge is 2.51. The molecule has 0 radical (unpaired) electrons. The first-order valence-electron chi connectivity index (χ1n) is 14.2. The zero-order chi connectivity index (χ0) is 24.6. The highest BCUT2D eigenvalue weighted by molar-refractivity contribution is 6.27. The maximum Gasteiger partial charge on any atom is 0.227 e. The molecule has 1 saturated carbocycles. The summed E-state index contributed by atoms with van der Waals surface area (Å²) in [6.07, 6.45) is 19.1. The van der Waals surface area contributed by atoms with Gasteiger partial charge in [0.15, 0.2) is 5.78 Å². The third kappa shape index (κ3) is 6.73. The SMILES string of the molecule is CCCCCCCCCC1CC(=O)NC(C2=C(O)C3(C)CCCCCCCCC(C)(C3)C2=O)=N1. The highest BCUT2D eigenvalue weighted by atomic mass is 16.3. The summed E-state index contributed by atoms with van der Waals surface area (Å²) in [4.78, 5) is 31.3. The largest absolute Gasteiger partial charge is 0.511 e. The molecule has 2 aliphatic carbocycles. The van der Waals surface area contributed by atoms with Crippen LogP contribution in [0.5, 0.6) is 0 Å². The van der Waals surface area contributed by atoms with Gasteiger partial charge in [-0.3, -0.25) is 14.6 Å². The molecule has 3 aliphatic rings. The van der Waals surface area contributed by atoms with Gasteiger partial charge in [0.2, 0.25) is 5.91 Å². The van der Waals surface area contributed by atoms with Crippen LogP contribution in [0.15, 0.2) is 16.3 Å². The Morgan fingerprint density at radius 3 is 2.15 bits per heavy atom. The summed E-state index contributed by atoms with van der Waals surface area (Å²) in [5, 5.41) is 14.3. The van der Waals surface area contributed by atoms with Gasteiger partial charge in [-0.05, 0) is 25.7 Å². The Bertz CT molecular complexity index is 786. The molecule has 1 aliphatic heterocycles. The summed E-state index contributed by atoms with van der Waals surface area (Å²) in [6.45, 7) is 6.40. The number of amides is 1. The molecule has 2 bridgehead atoms. The van der Waals surface area contributed by atoms with Crippen molar-refractivity contribution in [2.75, 3.05) is 0 Å². The van der Waals surface area contributed by atoms with Crippen molar-refractivity contribution in [2.45, 2.75) is 142 Å². The average molecular weight is 473 g/mol. The van der Waals surface area contributed by atoms with Crippen LogP contribution in [-0.4, -0.2) is 28.7 Å². The predicted molar refractivity (Wildman–Crippen MR) is 139 cm³/mol. The number of carbonyl (C=O) groups is 2. The fourth-order valence-corrected chi connectivity index (χ4v) is 6.39. The first kappa shape index (κ1) is 26.9. The summed E-state index contributed by atoms with van der Waals surface area (Å²) in [5.74, 6) is 0.374. The van der Waals surface area contributed by atoms with E-state index in [0.29, 0.717) is 24.3 Å². The third-order valence-electron chi connectivity index (χ3n) is 8.44. The van der Waals surface area contributed by atoms with Crippen molar-refractivity contribution in [1.82, 2.24) is 5.32 Å². The van der Waals surface area contributed by atoms with Crippen LogP contribution in [0, 0.1) is 10.8 Å². The second-order valence-corrected chi connectivity index (χ2v) is 11.8. The van der Waals surface area contributed by atoms with Crippen molar-refractivity contribution in [3.8, 4) is 0 Å². The number of allylic oxidation sites excluding steroid dienone is 1. The Labute approximate surface area is 207 Å². The normalized spacial score (nSPS) is 31.0. The maximum atomic E-state index is 13.8. The van der Waals surface area contributed by atoms with Crippen LogP contribution in [0.25, 0.3) is 0 Å². The molecule has 1 amide bonds. The molecule has 3 rings (SSSR count). The number of aliphatic hydroxyl groups excluding tert-OH is 1. The van der Waals surface area contributed by atoms with Gasteiger partial charge in [-0.2, -0.15) is 0 Å². The van der Waals surface area contributed by atoms with E-state index >= 15 is 0 Å². The van der Waals surface area contributed by atoms with E-state index in [9.17, 15) is 14.7 Å². The molecule has 0 saturated heterocycles. The second kappa shape index (κ2) is 12.4. The summed E-state index contributed by atoms with van der Waals surface area (Å²) >= 11 is 0. The van der Waals surface area contributed by atoms with Gasteiger partial charge < -0.3 is 10.4 Å². The minimum atomic E-state index is -0.515. The molecule has 5 heteroatoms. The van der Waals surface area contributed by atoms with Crippen LogP contribution in [0.4, 0.5) is 0 Å². The van der Waals surface area contributed by atoms with E-state index in [1.54, 1.807) is 0 Å². The molecule has 3 atom stereocenters. The van der Waals surface area contributed by atoms with Crippen molar-refractivity contribution in [1.29, 1.82) is 0 Å². The zero-order valence-electron chi connectivity index (χ0n) is 22.0. The minimum absolute atomic E-state index is 0.0302. The van der Waals surface area contributed by atoms with Gasteiger partial charge in [0, 0.05) is 17.3 Å². The lowest BCUT2D eigenvalue weighted by atomic mass is 9.60. The predicted octanol–water partition coefficient (Wildman–Crippen LogP) is 7.35. The lowest BCUT2D eigenvalue weighted by molar-refractivity contribution is -0.128. The summed E-state index contributed by atoms with van der Waals surface area (Å²) in [6, 6.07) is -0.103. The smallest absolute Gasteiger partial charge is 0.227 e. The number of fused-ring (bicyclic) bond motifs is 2. The second-order valence-electron chi connectivity index (χ2n) is 11.8. The van der Waals surface area contributed by atoms with E-state index in [-0.39, 0.29) is 23.5 Å². The van der Waals surface area contributed by atoms with Crippen LogP contribution >= 0.6 is 0 Å². The fraction of sp³-hybridized carbons (Fsp3) is 0.828. The Kier molecular flexibility index (Phi) is 9.79. The van der Waals surface area contributed by atoms with Gasteiger partial charge in [0.05, 0.1) is 11.6 Å². The standard InChI is InChI=1S/C29H48N2O3/c1-4-5-6-7-8-11-14-17-22-20-23(32)31-27(30-22)24-25(33)28(2)18-15-12-9-10-13-16-19-29(3,21-28)26(24)34/h22,33H,4-21H2,1-3H3,(H,30,31,32). The van der Waals surface area contributed by atoms with E-state index in [2.05, 4.69) is 26.1 Å². The van der Waals surface area contributed by atoms with Crippen molar-refractivity contribution in [3.05, 3.63) is 11.3 Å². The molecule has 0 spiro atoms. The number of nitrogens with zero attached hydrogens (tertiary/aromatic N) is 1. The average Bonchev–Trinajstić information content (AvgIpc) is 2.82. The zero-order valence-corrected chi connectivity index (χ0v) is 22.0. The van der Waals surface area contributed by atoms with Gasteiger partial charge in [0.25, 0.3) is 0 Å². The molecule has 0 aromatic rings. The van der Waals surface area contributed by atoms with Crippen LogP contribution < -0.4 is 5.32 Å². The number of hydrogen-bond acceptors (Lipinski definition) is 4. The number of Topliss-reactive ketones (excluding diaryl/α,β-unsaturated/α-hetero) is 1. The molecule has 34 heavy (non-hydrogen) atoms. The van der Waals surface area contributed by atoms with Crippen LogP contribution in [0.3, 0.4) is 0 Å². The number of unbranched alkanes of at least 4 members (excludes halogenated alkanes) is 6. The van der Waals surface area contributed by atoms with Crippen LogP contribution in [0.2, 0.25) is 0 Å². The molecular formula is C29H48N2O3. The quantitative estimate of drug-likeness (QED) is 0.344. The number of rotatable bonds is 9. The van der Waals surface area contributed by atoms with E-state index in [1.165, 1.54) is 51.4 Å². The van der Waals surface area contributed by atoms with Gasteiger partial charge in [-0.25, -0.2) is 0 Å². The van der Waals surface area contributed by atoms with Gasteiger partial charge >= 0.3 is 0 Å². The summed E-state index contributed by atoms with van der Waals surface area (Å²) in [5.41, 5.74) is -0.659. The summed E-state index contributed by atoms with van der Waals surface area (Å²) < 4.78 is 0. The van der Waals surface area contributed by atoms with Crippen LogP contribution in [-0.2, 0) is 9.59 Å². The number of ketones is 1. The molecule has 1 fully saturated rings. The van der Waals surface area contributed by atoms with E-state index < -0.39 is 10.8 Å². The molecule has 1 heterocycles. The van der Waals surface area contributed by atoms with E-state index in [0.717, 1.165) is 51.4 Å².